The molecule has 0 bridgehead atoms. The Balaban J connectivity index is 1.63. The fraction of sp³-hybridized carbons (Fsp3) is 0.333. The van der Waals surface area contributed by atoms with Gasteiger partial charge in [-0.2, -0.15) is 0 Å². The summed E-state index contributed by atoms with van der Waals surface area (Å²) in [5, 5.41) is 4.00. The van der Waals surface area contributed by atoms with E-state index >= 15 is 0 Å². The molecule has 1 unspecified atom stereocenters. The van der Waals surface area contributed by atoms with E-state index in [4.69, 9.17) is 0 Å². The van der Waals surface area contributed by atoms with Gasteiger partial charge < -0.3 is 5.32 Å². The number of nitrogens with one attached hydrogen (secondary N) is 1. The number of carbonyl (C=O) groups excluding carboxylic acids is 1. The van der Waals surface area contributed by atoms with E-state index in [2.05, 4.69) is 32.1 Å². The Morgan fingerprint density at radius 1 is 1.22 bits per heavy atom. The summed E-state index contributed by atoms with van der Waals surface area (Å²) in [6, 6.07) is 7.97. The molecular weight excluding hydrogens is 338 g/mol. The minimum Gasteiger partial charge on any atom is -0.349 e. The zero-order valence-electron chi connectivity index (χ0n) is 15.4. The molecule has 0 aromatic carbocycles. The number of likely N-dealkylation sites (N-methyl/N-ethyl adjacent to an activating group) is 1. The molecule has 0 spiro atoms. The standard InChI is InChI=1S/C21H23N5O/c1-2-26-11-3-4-16(26)13-24-21(27)20-12-17(15-5-8-22-9-6-15)18-14-23-10-7-19(18)25-20/h5-10,12,14,16H,2-4,11,13H2,1H3,(H,24,27). The van der Waals surface area contributed by atoms with Gasteiger partial charge in [-0.05, 0) is 61.3 Å². The summed E-state index contributed by atoms with van der Waals surface area (Å²) in [6.07, 6.45) is 9.31. The van der Waals surface area contributed by atoms with E-state index < -0.39 is 0 Å². The van der Waals surface area contributed by atoms with Crippen molar-refractivity contribution in [1.29, 1.82) is 0 Å². The van der Waals surface area contributed by atoms with Crippen molar-refractivity contribution in [2.75, 3.05) is 19.6 Å². The summed E-state index contributed by atoms with van der Waals surface area (Å²) in [4.78, 5) is 28.1. The van der Waals surface area contributed by atoms with Gasteiger partial charge in [-0.1, -0.05) is 6.92 Å². The molecule has 6 heteroatoms. The van der Waals surface area contributed by atoms with Crippen molar-refractivity contribution in [3.8, 4) is 11.1 Å². The SMILES string of the molecule is CCN1CCCC1CNC(=O)c1cc(-c2ccncc2)c2cnccc2n1. The summed E-state index contributed by atoms with van der Waals surface area (Å²) in [5.41, 5.74) is 3.13. The van der Waals surface area contributed by atoms with Crippen LogP contribution in [0, 0.1) is 0 Å². The van der Waals surface area contributed by atoms with Gasteiger partial charge in [0.2, 0.25) is 0 Å². The van der Waals surface area contributed by atoms with Gasteiger partial charge in [-0.3, -0.25) is 19.7 Å². The summed E-state index contributed by atoms with van der Waals surface area (Å²) < 4.78 is 0. The average molecular weight is 361 g/mol. The Morgan fingerprint density at radius 3 is 2.85 bits per heavy atom. The number of hydrogen-bond donors (Lipinski definition) is 1. The van der Waals surface area contributed by atoms with Gasteiger partial charge in [0.15, 0.2) is 0 Å². The summed E-state index contributed by atoms with van der Waals surface area (Å²) in [5.74, 6) is -0.132. The van der Waals surface area contributed by atoms with Gasteiger partial charge in [0.25, 0.3) is 5.91 Å². The van der Waals surface area contributed by atoms with Crippen molar-refractivity contribution < 1.29 is 4.79 Å². The molecule has 0 aliphatic carbocycles. The van der Waals surface area contributed by atoms with Crippen LogP contribution in [0.15, 0.2) is 49.1 Å². The second-order valence-electron chi connectivity index (χ2n) is 6.82. The highest BCUT2D eigenvalue weighted by Gasteiger charge is 2.23. The van der Waals surface area contributed by atoms with Crippen LogP contribution in [0.4, 0.5) is 0 Å². The van der Waals surface area contributed by atoms with E-state index in [1.165, 1.54) is 6.42 Å². The van der Waals surface area contributed by atoms with Crippen LogP contribution >= 0.6 is 0 Å². The monoisotopic (exact) mass is 361 g/mol. The third kappa shape index (κ3) is 3.66. The number of likely N-dealkylation sites (tertiary alicyclic amines) is 1. The number of nitrogens with zero attached hydrogens (tertiary/aromatic N) is 4. The highest BCUT2D eigenvalue weighted by atomic mass is 16.1. The van der Waals surface area contributed by atoms with Gasteiger partial charge >= 0.3 is 0 Å². The van der Waals surface area contributed by atoms with E-state index in [1.54, 1.807) is 24.8 Å². The maximum atomic E-state index is 12.8. The highest BCUT2D eigenvalue weighted by Crippen LogP contribution is 2.27. The second kappa shape index (κ2) is 7.80. The van der Waals surface area contributed by atoms with E-state index in [9.17, 15) is 4.79 Å². The Labute approximate surface area is 158 Å². The Hall–Kier alpha value is -2.86. The van der Waals surface area contributed by atoms with Crippen molar-refractivity contribution >= 4 is 16.8 Å². The van der Waals surface area contributed by atoms with Gasteiger partial charge in [0.05, 0.1) is 5.52 Å². The molecule has 138 valence electrons. The molecule has 3 aromatic rings. The smallest absolute Gasteiger partial charge is 0.269 e. The third-order valence-corrected chi connectivity index (χ3v) is 5.24. The minimum absolute atomic E-state index is 0.132. The molecule has 4 rings (SSSR count). The molecule has 1 fully saturated rings. The number of hydrogen-bond acceptors (Lipinski definition) is 5. The Kier molecular flexibility index (Phi) is 5.07. The maximum absolute atomic E-state index is 12.8. The molecule has 1 aliphatic rings. The number of pyridine rings is 3. The first-order valence-corrected chi connectivity index (χ1v) is 9.43. The van der Waals surface area contributed by atoms with Crippen LogP contribution in [-0.4, -0.2) is 51.4 Å². The molecule has 3 aromatic heterocycles. The van der Waals surface area contributed by atoms with Crippen LogP contribution in [-0.2, 0) is 0 Å². The number of rotatable bonds is 5. The van der Waals surface area contributed by atoms with Crippen molar-refractivity contribution in [3.05, 3.63) is 54.7 Å². The normalized spacial score (nSPS) is 17.3. The molecule has 6 nitrogen and oxygen atoms in total. The molecule has 4 heterocycles. The molecule has 0 radical (unpaired) electrons. The first-order valence-electron chi connectivity index (χ1n) is 9.43. The average Bonchev–Trinajstić information content (AvgIpc) is 3.19. The maximum Gasteiger partial charge on any atom is 0.269 e. The lowest BCUT2D eigenvalue weighted by Crippen LogP contribution is -2.40. The van der Waals surface area contributed by atoms with Crippen molar-refractivity contribution in [3.63, 3.8) is 0 Å². The fourth-order valence-electron chi connectivity index (χ4n) is 3.80. The highest BCUT2D eigenvalue weighted by molar-refractivity contribution is 6.00. The van der Waals surface area contributed by atoms with Crippen LogP contribution in [0.3, 0.4) is 0 Å². The zero-order chi connectivity index (χ0) is 18.6. The molecule has 1 amide bonds. The van der Waals surface area contributed by atoms with Crippen LogP contribution in [0.25, 0.3) is 22.0 Å². The molecule has 0 saturated carbocycles. The zero-order valence-corrected chi connectivity index (χ0v) is 15.4. The summed E-state index contributed by atoms with van der Waals surface area (Å²) in [7, 11) is 0. The quantitative estimate of drug-likeness (QED) is 0.757. The van der Waals surface area contributed by atoms with Crippen LogP contribution < -0.4 is 5.32 Å². The van der Waals surface area contributed by atoms with Crippen molar-refractivity contribution in [1.82, 2.24) is 25.2 Å². The Morgan fingerprint density at radius 2 is 2.04 bits per heavy atom. The fourth-order valence-corrected chi connectivity index (χ4v) is 3.80. The van der Waals surface area contributed by atoms with Gasteiger partial charge in [0, 0.05) is 42.8 Å². The lowest BCUT2D eigenvalue weighted by molar-refractivity contribution is 0.0937. The van der Waals surface area contributed by atoms with E-state index in [0.29, 0.717) is 18.3 Å². The molecule has 1 saturated heterocycles. The van der Waals surface area contributed by atoms with E-state index in [0.717, 1.165) is 41.5 Å². The molecule has 1 atom stereocenters. The third-order valence-electron chi connectivity index (χ3n) is 5.24. The van der Waals surface area contributed by atoms with E-state index in [-0.39, 0.29) is 5.91 Å². The second-order valence-corrected chi connectivity index (χ2v) is 6.82. The van der Waals surface area contributed by atoms with Crippen molar-refractivity contribution in [2.24, 2.45) is 0 Å². The van der Waals surface area contributed by atoms with Crippen LogP contribution in [0.2, 0.25) is 0 Å². The van der Waals surface area contributed by atoms with Crippen LogP contribution in [0.1, 0.15) is 30.3 Å². The number of amides is 1. The number of aromatic nitrogens is 3. The van der Waals surface area contributed by atoms with Gasteiger partial charge in [-0.25, -0.2) is 4.98 Å². The summed E-state index contributed by atoms with van der Waals surface area (Å²) >= 11 is 0. The lowest BCUT2D eigenvalue weighted by Gasteiger charge is -2.22. The molecule has 27 heavy (non-hydrogen) atoms. The first kappa shape index (κ1) is 17.5. The predicted octanol–water partition coefficient (Wildman–Crippen LogP) is 2.91. The van der Waals surface area contributed by atoms with Gasteiger partial charge in [-0.15, -0.1) is 0 Å². The lowest BCUT2D eigenvalue weighted by atomic mass is 10.0. The Bertz CT molecular complexity index is 944. The first-order chi connectivity index (χ1) is 13.3. The minimum atomic E-state index is -0.132. The van der Waals surface area contributed by atoms with Gasteiger partial charge in [0.1, 0.15) is 5.69 Å². The molecule has 1 aliphatic heterocycles. The van der Waals surface area contributed by atoms with E-state index in [1.807, 2.05) is 24.3 Å². The predicted molar refractivity (Wildman–Crippen MR) is 105 cm³/mol. The summed E-state index contributed by atoms with van der Waals surface area (Å²) in [6.45, 7) is 4.96. The van der Waals surface area contributed by atoms with Crippen LogP contribution in [0.5, 0.6) is 0 Å². The largest absolute Gasteiger partial charge is 0.349 e. The number of carbonyl (C=O) groups is 1. The molecule has 1 N–H and O–H groups in total. The topological polar surface area (TPSA) is 71.0 Å². The molecular formula is C21H23N5O. The van der Waals surface area contributed by atoms with Crippen molar-refractivity contribution in [2.45, 2.75) is 25.8 Å². The number of fused-ring (bicyclic) bond motifs is 1.